The molecule has 0 saturated carbocycles. The molecule has 1 aromatic carbocycles. The van der Waals surface area contributed by atoms with E-state index in [1.807, 2.05) is 0 Å². The van der Waals surface area contributed by atoms with Gasteiger partial charge in [0, 0.05) is 24.8 Å². The summed E-state index contributed by atoms with van der Waals surface area (Å²) in [4.78, 5) is 49.0. The molecule has 0 radical (unpaired) electrons. The lowest BCUT2D eigenvalue weighted by atomic mass is 10.1. The second kappa shape index (κ2) is 10.3. The molecule has 1 saturated heterocycles. The van der Waals surface area contributed by atoms with Crippen LogP contribution in [0.4, 0.5) is 10.5 Å². The SMILES string of the molecule is CCOC(=O)c1ccc(NC(=O)C(=O)NC2CCN(C(=O)OCC)CC2)cc1. The number of piperidine rings is 1. The number of hydrogen-bond acceptors (Lipinski definition) is 6. The zero-order valence-electron chi connectivity index (χ0n) is 16.0. The first-order chi connectivity index (χ1) is 13.4. The predicted octanol–water partition coefficient (Wildman–Crippen LogP) is 1.54. The maximum absolute atomic E-state index is 12.1. The number of anilines is 1. The smallest absolute Gasteiger partial charge is 0.409 e. The average molecular weight is 391 g/mol. The molecule has 1 aromatic rings. The molecule has 0 spiro atoms. The van der Waals surface area contributed by atoms with Gasteiger partial charge in [0.1, 0.15) is 0 Å². The number of esters is 1. The van der Waals surface area contributed by atoms with Crippen molar-refractivity contribution in [3.63, 3.8) is 0 Å². The summed E-state index contributed by atoms with van der Waals surface area (Å²) in [6.07, 6.45) is 0.731. The minimum absolute atomic E-state index is 0.185. The van der Waals surface area contributed by atoms with Gasteiger partial charge in [0.05, 0.1) is 18.8 Å². The van der Waals surface area contributed by atoms with Gasteiger partial charge in [-0.1, -0.05) is 0 Å². The lowest BCUT2D eigenvalue weighted by molar-refractivity contribution is -0.136. The van der Waals surface area contributed by atoms with Crippen LogP contribution in [0.1, 0.15) is 37.0 Å². The third-order valence-corrected chi connectivity index (χ3v) is 4.22. The first-order valence-electron chi connectivity index (χ1n) is 9.25. The highest BCUT2D eigenvalue weighted by Crippen LogP contribution is 2.13. The van der Waals surface area contributed by atoms with E-state index in [0.717, 1.165) is 0 Å². The highest BCUT2D eigenvalue weighted by molar-refractivity contribution is 6.39. The van der Waals surface area contributed by atoms with E-state index < -0.39 is 17.8 Å². The molecule has 3 amide bonds. The van der Waals surface area contributed by atoms with Crippen LogP contribution < -0.4 is 10.6 Å². The Bertz CT molecular complexity index is 711. The van der Waals surface area contributed by atoms with Gasteiger partial charge in [-0.05, 0) is 51.0 Å². The number of carbonyl (C=O) groups is 4. The molecule has 0 bridgehead atoms. The summed E-state index contributed by atoms with van der Waals surface area (Å²) in [5.41, 5.74) is 0.753. The fraction of sp³-hybridized carbons (Fsp3) is 0.474. The van der Waals surface area contributed by atoms with Crippen LogP contribution in [0.25, 0.3) is 0 Å². The summed E-state index contributed by atoms with van der Waals surface area (Å²) >= 11 is 0. The lowest BCUT2D eigenvalue weighted by Crippen LogP contribution is -2.49. The Morgan fingerprint density at radius 1 is 0.964 bits per heavy atom. The van der Waals surface area contributed by atoms with Gasteiger partial charge in [-0.2, -0.15) is 0 Å². The van der Waals surface area contributed by atoms with Crippen LogP contribution in [0.5, 0.6) is 0 Å². The maximum atomic E-state index is 12.1. The molecule has 1 aliphatic rings. The van der Waals surface area contributed by atoms with Gasteiger partial charge in [-0.3, -0.25) is 9.59 Å². The summed E-state index contributed by atoms with van der Waals surface area (Å²) in [6, 6.07) is 5.88. The molecule has 2 rings (SSSR count). The molecular weight excluding hydrogens is 366 g/mol. The predicted molar refractivity (Wildman–Crippen MR) is 101 cm³/mol. The molecular formula is C19H25N3O6. The molecule has 152 valence electrons. The number of hydrogen-bond donors (Lipinski definition) is 2. The summed E-state index contributed by atoms with van der Waals surface area (Å²) in [5.74, 6) is -1.99. The third kappa shape index (κ3) is 5.97. The van der Waals surface area contributed by atoms with Gasteiger partial charge >= 0.3 is 23.9 Å². The molecule has 0 atom stereocenters. The number of benzene rings is 1. The van der Waals surface area contributed by atoms with Crippen molar-refractivity contribution in [1.29, 1.82) is 0 Å². The highest BCUT2D eigenvalue weighted by atomic mass is 16.6. The number of nitrogens with zero attached hydrogens (tertiary/aromatic N) is 1. The maximum Gasteiger partial charge on any atom is 0.409 e. The molecule has 1 fully saturated rings. The first kappa shape index (κ1) is 21.2. The Morgan fingerprint density at radius 2 is 1.57 bits per heavy atom. The summed E-state index contributed by atoms with van der Waals surface area (Å²) < 4.78 is 9.83. The molecule has 9 nitrogen and oxygen atoms in total. The first-order valence-corrected chi connectivity index (χ1v) is 9.25. The molecule has 0 unspecified atom stereocenters. The van der Waals surface area contributed by atoms with Crippen LogP contribution >= 0.6 is 0 Å². The Kier molecular flexibility index (Phi) is 7.79. The van der Waals surface area contributed by atoms with Gasteiger partial charge in [-0.25, -0.2) is 9.59 Å². The van der Waals surface area contributed by atoms with Crippen molar-refractivity contribution in [2.75, 3.05) is 31.6 Å². The van der Waals surface area contributed by atoms with Crippen LogP contribution in [-0.2, 0) is 19.1 Å². The van der Waals surface area contributed by atoms with Gasteiger partial charge in [0.25, 0.3) is 0 Å². The van der Waals surface area contributed by atoms with Crippen molar-refractivity contribution >= 4 is 29.6 Å². The van der Waals surface area contributed by atoms with Gasteiger partial charge in [0.2, 0.25) is 0 Å². The van der Waals surface area contributed by atoms with E-state index >= 15 is 0 Å². The fourth-order valence-corrected chi connectivity index (χ4v) is 2.76. The monoisotopic (exact) mass is 391 g/mol. The van der Waals surface area contributed by atoms with Crippen LogP contribution in [0.2, 0.25) is 0 Å². The van der Waals surface area contributed by atoms with E-state index in [-0.39, 0.29) is 18.7 Å². The number of nitrogens with one attached hydrogen (secondary N) is 2. The standard InChI is InChI=1S/C19H25N3O6/c1-3-27-18(25)13-5-7-14(8-6-13)20-16(23)17(24)21-15-9-11-22(12-10-15)19(26)28-4-2/h5-8,15H,3-4,9-12H2,1-2H3,(H,20,23)(H,21,24). The Morgan fingerprint density at radius 3 is 2.14 bits per heavy atom. The van der Waals surface area contributed by atoms with Crippen molar-refractivity contribution in [3.8, 4) is 0 Å². The van der Waals surface area contributed by atoms with Crippen molar-refractivity contribution in [2.45, 2.75) is 32.7 Å². The van der Waals surface area contributed by atoms with Crippen LogP contribution in [0.3, 0.4) is 0 Å². The van der Waals surface area contributed by atoms with E-state index in [2.05, 4.69) is 10.6 Å². The number of amides is 3. The van der Waals surface area contributed by atoms with Crippen molar-refractivity contribution in [2.24, 2.45) is 0 Å². The highest BCUT2D eigenvalue weighted by Gasteiger charge is 2.26. The van der Waals surface area contributed by atoms with E-state index in [9.17, 15) is 19.2 Å². The average Bonchev–Trinajstić information content (AvgIpc) is 2.69. The zero-order valence-corrected chi connectivity index (χ0v) is 16.0. The Labute approximate surface area is 163 Å². The van der Waals surface area contributed by atoms with Crippen molar-refractivity contribution in [1.82, 2.24) is 10.2 Å². The van der Waals surface area contributed by atoms with E-state index in [4.69, 9.17) is 9.47 Å². The van der Waals surface area contributed by atoms with Gasteiger partial charge in [0.15, 0.2) is 0 Å². The molecule has 1 aliphatic heterocycles. The third-order valence-electron chi connectivity index (χ3n) is 4.22. The Balaban J connectivity index is 1.79. The molecule has 28 heavy (non-hydrogen) atoms. The second-order valence-corrected chi connectivity index (χ2v) is 6.19. The number of carbonyl (C=O) groups excluding carboxylic acids is 4. The molecule has 1 heterocycles. The number of likely N-dealkylation sites (tertiary alicyclic amines) is 1. The Hall–Kier alpha value is -3.10. The molecule has 0 aliphatic carbocycles. The normalized spacial score (nSPS) is 14.1. The van der Waals surface area contributed by atoms with E-state index in [0.29, 0.717) is 43.8 Å². The zero-order chi connectivity index (χ0) is 20.5. The minimum atomic E-state index is -0.795. The van der Waals surface area contributed by atoms with Gasteiger partial charge < -0.3 is 25.0 Å². The minimum Gasteiger partial charge on any atom is -0.462 e. The van der Waals surface area contributed by atoms with Crippen molar-refractivity contribution in [3.05, 3.63) is 29.8 Å². The summed E-state index contributed by atoms with van der Waals surface area (Å²) in [6.45, 7) is 4.97. The summed E-state index contributed by atoms with van der Waals surface area (Å²) in [5, 5.41) is 5.16. The largest absolute Gasteiger partial charge is 0.462 e. The van der Waals surface area contributed by atoms with Crippen molar-refractivity contribution < 1.29 is 28.7 Å². The van der Waals surface area contributed by atoms with Crippen LogP contribution in [0, 0.1) is 0 Å². The quantitative estimate of drug-likeness (QED) is 0.581. The van der Waals surface area contributed by atoms with E-state index in [1.165, 1.54) is 24.3 Å². The molecule has 2 N–H and O–H groups in total. The molecule has 0 aromatic heterocycles. The number of ether oxygens (including phenoxy) is 2. The molecule has 9 heteroatoms. The van der Waals surface area contributed by atoms with Crippen LogP contribution in [-0.4, -0.2) is 61.1 Å². The fourth-order valence-electron chi connectivity index (χ4n) is 2.76. The number of rotatable bonds is 5. The topological polar surface area (TPSA) is 114 Å². The lowest BCUT2D eigenvalue weighted by Gasteiger charge is -2.31. The van der Waals surface area contributed by atoms with E-state index in [1.54, 1.807) is 18.7 Å². The van der Waals surface area contributed by atoms with Crippen LogP contribution in [0.15, 0.2) is 24.3 Å². The summed E-state index contributed by atoms with van der Waals surface area (Å²) in [7, 11) is 0. The van der Waals surface area contributed by atoms with Gasteiger partial charge in [-0.15, -0.1) is 0 Å². The second-order valence-electron chi connectivity index (χ2n) is 6.19.